The Balaban J connectivity index is 1.76. The molecule has 1 amide bonds. The smallest absolute Gasteiger partial charge is 0.407 e. The molecule has 1 aromatic carbocycles. The van der Waals surface area contributed by atoms with E-state index in [2.05, 4.69) is 10.4 Å². The van der Waals surface area contributed by atoms with Crippen LogP contribution in [-0.2, 0) is 11.3 Å². The zero-order chi connectivity index (χ0) is 17.1. The number of nitrogens with one attached hydrogen (secondary N) is 1. The third kappa shape index (κ3) is 3.18. The molecule has 8 heteroatoms. The van der Waals surface area contributed by atoms with Gasteiger partial charge in [-0.3, -0.25) is 4.68 Å². The van der Waals surface area contributed by atoms with E-state index >= 15 is 0 Å². The normalized spacial score (nSPS) is 17.9. The minimum atomic E-state index is -0.890. The lowest BCUT2D eigenvalue weighted by molar-refractivity contribution is 0.0595. The zero-order valence-electron chi connectivity index (χ0n) is 13.4. The molecule has 1 aliphatic heterocycles. The maximum Gasteiger partial charge on any atom is 0.407 e. The Labute approximate surface area is 139 Å². The molecule has 1 aromatic heterocycles. The number of rotatable bonds is 4. The largest absolute Gasteiger partial charge is 0.465 e. The fourth-order valence-electron chi connectivity index (χ4n) is 3.02. The highest BCUT2D eigenvalue weighted by Gasteiger charge is 2.23. The summed E-state index contributed by atoms with van der Waals surface area (Å²) in [6, 6.07) is 7.57. The highest BCUT2D eigenvalue weighted by atomic mass is 16.5. The molecule has 0 bridgehead atoms. The lowest BCUT2D eigenvalue weighted by Gasteiger charge is -2.31. The molecule has 2 heterocycles. The quantitative estimate of drug-likeness (QED) is 0.816. The van der Waals surface area contributed by atoms with Crippen molar-refractivity contribution in [2.24, 2.45) is 0 Å². The first-order valence-corrected chi connectivity index (χ1v) is 7.85. The number of hydrogen-bond donors (Lipinski definition) is 2. The van der Waals surface area contributed by atoms with Gasteiger partial charge in [-0.1, -0.05) is 18.2 Å². The number of benzene rings is 1. The van der Waals surface area contributed by atoms with E-state index in [-0.39, 0.29) is 6.04 Å². The van der Waals surface area contributed by atoms with Gasteiger partial charge in [0.25, 0.3) is 0 Å². The second kappa shape index (κ2) is 6.88. The first-order chi connectivity index (χ1) is 11.6. The van der Waals surface area contributed by atoms with Crippen molar-refractivity contribution >= 4 is 23.0 Å². The minimum Gasteiger partial charge on any atom is -0.465 e. The van der Waals surface area contributed by atoms with Gasteiger partial charge in [-0.05, 0) is 12.5 Å². The molecule has 0 saturated carbocycles. The standard InChI is InChI=1S/C16H20N4O4/c1-24-15(21)14-12-4-2-3-5-13(12)20(18-14)8-6-11-10-19(16(22)23)9-7-17-11/h2-5,11,17H,6-10H2,1H3,(H,22,23)/t11-/m1/s1. The first kappa shape index (κ1) is 16.3. The molecule has 1 saturated heterocycles. The van der Waals surface area contributed by atoms with Crippen molar-refractivity contribution < 1.29 is 19.4 Å². The number of esters is 1. The molecule has 24 heavy (non-hydrogen) atoms. The third-order valence-electron chi connectivity index (χ3n) is 4.25. The molecule has 3 rings (SSSR count). The van der Waals surface area contributed by atoms with Gasteiger partial charge in [0.1, 0.15) is 0 Å². The van der Waals surface area contributed by atoms with Crippen LogP contribution in [0.25, 0.3) is 10.9 Å². The van der Waals surface area contributed by atoms with E-state index in [1.54, 1.807) is 4.68 Å². The summed E-state index contributed by atoms with van der Waals surface area (Å²) >= 11 is 0. The van der Waals surface area contributed by atoms with Gasteiger partial charge < -0.3 is 20.1 Å². The van der Waals surface area contributed by atoms with E-state index < -0.39 is 12.1 Å². The maximum atomic E-state index is 11.9. The van der Waals surface area contributed by atoms with Crippen molar-refractivity contribution in [3.05, 3.63) is 30.0 Å². The van der Waals surface area contributed by atoms with E-state index in [0.717, 1.165) is 17.3 Å². The van der Waals surface area contributed by atoms with E-state index in [1.807, 2.05) is 24.3 Å². The monoisotopic (exact) mass is 332 g/mol. The van der Waals surface area contributed by atoms with Crippen LogP contribution >= 0.6 is 0 Å². The summed E-state index contributed by atoms with van der Waals surface area (Å²) in [4.78, 5) is 24.4. The van der Waals surface area contributed by atoms with Crippen molar-refractivity contribution in [1.29, 1.82) is 0 Å². The summed E-state index contributed by atoms with van der Waals surface area (Å²) in [5.74, 6) is -0.460. The van der Waals surface area contributed by atoms with E-state index in [1.165, 1.54) is 12.0 Å². The van der Waals surface area contributed by atoms with Gasteiger partial charge in [0.2, 0.25) is 0 Å². The Hall–Kier alpha value is -2.61. The lowest BCUT2D eigenvalue weighted by atomic mass is 10.1. The van der Waals surface area contributed by atoms with Crippen molar-refractivity contribution in [3.8, 4) is 0 Å². The highest BCUT2D eigenvalue weighted by Crippen LogP contribution is 2.20. The van der Waals surface area contributed by atoms with Gasteiger partial charge in [-0.15, -0.1) is 0 Å². The van der Waals surface area contributed by atoms with Gasteiger partial charge in [0, 0.05) is 37.6 Å². The van der Waals surface area contributed by atoms with Crippen LogP contribution in [0, 0.1) is 0 Å². The number of para-hydroxylation sites is 1. The Morgan fingerprint density at radius 1 is 1.42 bits per heavy atom. The summed E-state index contributed by atoms with van der Waals surface area (Å²) in [5.41, 5.74) is 1.17. The molecular formula is C16H20N4O4. The molecule has 0 spiro atoms. The molecule has 1 atom stereocenters. The molecule has 0 unspecified atom stereocenters. The molecule has 128 valence electrons. The number of methoxy groups -OCH3 is 1. The van der Waals surface area contributed by atoms with Crippen LogP contribution in [0.2, 0.25) is 0 Å². The van der Waals surface area contributed by atoms with Crippen LogP contribution in [0.15, 0.2) is 24.3 Å². The van der Waals surface area contributed by atoms with Crippen LogP contribution in [0.4, 0.5) is 4.79 Å². The average Bonchev–Trinajstić information content (AvgIpc) is 2.98. The number of aryl methyl sites for hydroxylation is 1. The molecule has 8 nitrogen and oxygen atoms in total. The summed E-state index contributed by atoms with van der Waals surface area (Å²) in [6.45, 7) is 2.19. The molecule has 1 aliphatic rings. The Bertz CT molecular complexity index is 758. The second-order valence-corrected chi connectivity index (χ2v) is 5.75. The topological polar surface area (TPSA) is 96.7 Å². The predicted octanol–water partition coefficient (Wildman–Crippen LogP) is 1.16. The highest BCUT2D eigenvalue weighted by molar-refractivity contribution is 6.02. The summed E-state index contributed by atoms with van der Waals surface area (Å²) in [7, 11) is 1.34. The number of carbonyl (C=O) groups is 2. The number of carbonyl (C=O) groups excluding carboxylic acids is 1. The van der Waals surface area contributed by atoms with Gasteiger partial charge in [-0.25, -0.2) is 9.59 Å². The molecule has 0 radical (unpaired) electrons. The van der Waals surface area contributed by atoms with Crippen LogP contribution in [-0.4, -0.2) is 64.6 Å². The Kier molecular flexibility index (Phi) is 4.66. The Morgan fingerprint density at radius 3 is 2.96 bits per heavy atom. The average molecular weight is 332 g/mol. The molecular weight excluding hydrogens is 312 g/mol. The van der Waals surface area contributed by atoms with E-state index in [0.29, 0.717) is 31.9 Å². The molecule has 2 aromatic rings. The summed E-state index contributed by atoms with van der Waals surface area (Å²) in [5, 5.41) is 17.6. The lowest BCUT2D eigenvalue weighted by Crippen LogP contribution is -2.52. The van der Waals surface area contributed by atoms with Crippen molar-refractivity contribution in [1.82, 2.24) is 20.0 Å². The number of hydrogen-bond acceptors (Lipinski definition) is 5. The maximum absolute atomic E-state index is 11.9. The van der Waals surface area contributed by atoms with Crippen molar-refractivity contribution in [2.45, 2.75) is 19.0 Å². The molecule has 2 N–H and O–H groups in total. The number of amides is 1. The fourth-order valence-corrected chi connectivity index (χ4v) is 3.02. The number of aromatic nitrogens is 2. The fraction of sp³-hybridized carbons (Fsp3) is 0.438. The second-order valence-electron chi connectivity index (χ2n) is 5.75. The van der Waals surface area contributed by atoms with Gasteiger partial charge >= 0.3 is 12.1 Å². The number of carboxylic acid groups (broad SMARTS) is 1. The number of piperazine rings is 1. The number of ether oxygens (including phenoxy) is 1. The Morgan fingerprint density at radius 2 is 2.21 bits per heavy atom. The SMILES string of the molecule is COC(=O)c1nn(CC[C@@H]2CN(C(=O)O)CCN2)c2ccccc12. The van der Waals surface area contributed by atoms with Gasteiger partial charge in [0.05, 0.1) is 12.6 Å². The number of nitrogens with zero attached hydrogens (tertiary/aromatic N) is 3. The summed E-state index contributed by atoms with van der Waals surface area (Å²) < 4.78 is 6.57. The van der Waals surface area contributed by atoms with Crippen molar-refractivity contribution in [3.63, 3.8) is 0 Å². The van der Waals surface area contributed by atoms with E-state index in [4.69, 9.17) is 9.84 Å². The molecule has 0 aliphatic carbocycles. The van der Waals surface area contributed by atoms with Gasteiger partial charge in [-0.2, -0.15) is 5.10 Å². The van der Waals surface area contributed by atoms with Crippen LogP contribution in [0.3, 0.4) is 0 Å². The van der Waals surface area contributed by atoms with Crippen LogP contribution in [0.1, 0.15) is 16.9 Å². The van der Waals surface area contributed by atoms with Crippen LogP contribution < -0.4 is 5.32 Å². The van der Waals surface area contributed by atoms with Gasteiger partial charge in [0.15, 0.2) is 5.69 Å². The number of fused-ring (bicyclic) bond motifs is 1. The zero-order valence-corrected chi connectivity index (χ0v) is 13.4. The predicted molar refractivity (Wildman–Crippen MR) is 87.1 cm³/mol. The third-order valence-corrected chi connectivity index (χ3v) is 4.25. The minimum absolute atomic E-state index is 0.0689. The summed E-state index contributed by atoms with van der Waals surface area (Å²) in [6.07, 6.45) is -0.171. The first-order valence-electron chi connectivity index (χ1n) is 7.85. The van der Waals surface area contributed by atoms with Crippen molar-refractivity contribution in [2.75, 3.05) is 26.7 Å². The van der Waals surface area contributed by atoms with Crippen LogP contribution in [0.5, 0.6) is 0 Å². The van der Waals surface area contributed by atoms with E-state index in [9.17, 15) is 9.59 Å². The molecule has 1 fully saturated rings.